The van der Waals surface area contributed by atoms with Crippen LogP contribution in [0.25, 0.3) is 11.5 Å². The predicted octanol–water partition coefficient (Wildman–Crippen LogP) is 3.32. The number of nitrogens with zero attached hydrogens (tertiary/aromatic N) is 4. The summed E-state index contributed by atoms with van der Waals surface area (Å²) in [4.78, 5) is 11.0. The van der Waals surface area contributed by atoms with Crippen molar-refractivity contribution in [2.24, 2.45) is 0 Å². The van der Waals surface area contributed by atoms with Crippen molar-refractivity contribution >= 4 is 21.7 Å². The molecule has 2 aromatic heterocycles. The summed E-state index contributed by atoms with van der Waals surface area (Å²) in [6.07, 6.45) is 2.82. The third-order valence-electron chi connectivity index (χ3n) is 3.39. The van der Waals surface area contributed by atoms with Crippen LogP contribution in [0.5, 0.6) is 0 Å². The SMILES string of the molecule is CC1=C(Br)CN(c2ncccc2-c2nc(C)no2)CC1. The molecule has 0 aromatic carbocycles. The quantitative estimate of drug-likeness (QED) is 0.843. The van der Waals surface area contributed by atoms with Gasteiger partial charge in [-0.05, 0) is 32.4 Å². The summed E-state index contributed by atoms with van der Waals surface area (Å²) in [6.45, 7) is 5.73. The van der Waals surface area contributed by atoms with Gasteiger partial charge in [-0.25, -0.2) is 4.98 Å². The summed E-state index contributed by atoms with van der Waals surface area (Å²) < 4.78 is 6.50. The highest BCUT2D eigenvalue weighted by molar-refractivity contribution is 9.11. The van der Waals surface area contributed by atoms with Gasteiger partial charge in [0.1, 0.15) is 5.82 Å². The maximum absolute atomic E-state index is 5.28. The van der Waals surface area contributed by atoms with Gasteiger partial charge < -0.3 is 9.42 Å². The van der Waals surface area contributed by atoms with Crippen LogP contribution < -0.4 is 4.90 Å². The van der Waals surface area contributed by atoms with Crippen LogP contribution in [0.3, 0.4) is 0 Å². The van der Waals surface area contributed by atoms with Crippen molar-refractivity contribution in [2.75, 3.05) is 18.0 Å². The maximum Gasteiger partial charge on any atom is 0.261 e. The Balaban J connectivity index is 1.99. The first kappa shape index (κ1) is 13.3. The smallest absolute Gasteiger partial charge is 0.261 e. The summed E-state index contributed by atoms with van der Waals surface area (Å²) in [6, 6.07) is 3.85. The highest BCUT2D eigenvalue weighted by Gasteiger charge is 2.21. The lowest BCUT2D eigenvalue weighted by Gasteiger charge is -2.29. The molecule has 6 heteroatoms. The number of rotatable bonds is 2. The van der Waals surface area contributed by atoms with Gasteiger partial charge in [-0.1, -0.05) is 26.7 Å². The van der Waals surface area contributed by atoms with E-state index in [9.17, 15) is 0 Å². The number of aryl methyl sites for hydroxylation is 1. The Hall–Kier alpha value is -1.69. The molecule has 0 spiro atoms. The zero-order valence-corrected chi connectivity index (χ0v) is 13.0. The molecule has 0 N–H and O–H groups in total. The number of halogens is 1. The average molecular weight is 335 g/mol. The number of anilines is 1. The summed E-state index contributed by atoms with van der Waals surface area (Å²) in [5.41, 5.74) is 2.28. The molecule has 3 rings (SSSR count). The molecule has 0 unspecified atom stereocenters. The van der Waals surface area contributed by atoms with Gasteiger partial charge in [0.15, 0.2) is 5.82 Å². The Morgan fingerprint density at radius 1 is 1.35 bits per heavy atom. The molecule has 20 heavy (non-hydrogen) atoms. The maximum atomic E-state index is 5.28. The largest absolute Gasteiger partial charge is 0.351 e. The van der Waals surface area contributed by atoms with E-state index in [1.54, 1.807) is 6.20 Å². The van der Waals surface area contributed by atoms with Crippen LogP contribution in [0.4, 0.5) is 5.82 Å². The molecule has 2 aromatic rings. The normalized spacial score (nSPS) is 15.8. The first-order valence-corrected chi connectivity index (χ1v) is 7.29. The number of pyridine rings is 1. The summed E-state index contributed by atoms with van der Waals surface area (Å²) >= 11 is 3.64. The van der Waals surface area contributed by atoms with Crippen LogP contribution in [0.2, 0.25) is 0 Å². The fourth-order valence-corrected chi connectivity index (χ4v) is 2.72. The highest BCUT2D eigenvalue weighted by Crippen LogP contribution is 2.31. The minimum absolute atomic E-state index is 0.521. The molecule has 104 valence electrons. The molecule has 0 fully saturated rings. The number of hydrogen-bond acceptors (Lipinski definition) is 5. The molecule has 1 aliphatic heterocycles. The van der Waals surface area contributed by atoms with E-state index < -0.39 is 0 Å². The second kappa shape index (κ2) is 5.36. The lowest BCUT2D eigenvalue weighted by Crippen LogP contribution is -2.31. The summed E-state index contributed by atoms with van der Waals surface area (Å²) in [5, 5.41) is 3.86. The molecule has 5 nitrogen and oxygen atoms in total. The fraction of sp³-hybridized carbons (Fsp3) is 0.357. The van der Waals surface area contributed by atoms with Crippen LogP contribution in [0.15, 0.2) is 32.9 Å². The van der Waals surface area contributed by atoms with Crippen molar-refractivity contribution in [1.29, 1.82) is 0 Å². The van der Waals surface area contributed by atoms with Gasteiger partial charge in [-0.3, -0.25) is 0 Å². The van der Waals surface area contributed by atoms with Crippen molar-refractivity contribution in [3.63, 3.8) is 0 Å². The van der Waals surface area contributed by atoms with Gasteiger partial charge in [-0.2, -0.15) is 4.98 Å². The Bertz CT molecular complexity index is 665. The van der Waals surface area contributed by atoms with E-state index in [0.29, 0.717) is 11.7 Å². The lowest BCUT2D eigenvalue weighted by molar-refractivity contribution is 0.425. The van der Waals surface area contributed by atoms with E-state index in [1.165, 1.54) is 10.1 Å². The second-order valence-electron chi connectivity index (χ2n) is 4.88. The molecule has 0 aliphatic carbocycles. The van der Waals surface area contributed by atoms with Crippen molar-refractivity contribution in [3.8, 4) is 11.5 Å². The molecule has 0 radical (unpaired) electrons. The Kier molecular flexibility index (Phi) is 3.56. The molecule has 0 atom stereocenters. The third-order valence-corrected chi connectivity index (χ3v) is 4.32. The first-order chi connectivity index (χ1) is 9.65. The molecular weight excluding hydrogens is 320 g/mol. The van der Waals surface area contributed by atoms with E-state index in [1.807, 2.05) is 19.1 Å². The summed E-state index contributed by atoms with van der Waals surface area (Å²) in [7, 11) is 0. The average Bonchev–Trinajstić information content (AvgIpc) is 2.88. The molecular formula is C14H15BrN4O. The third kappa shape index (κ3) is 2.47. The van der Waals surface area contributed by atoms with Gasteiger partial charge in [0, 0.05) is 17.2 Å². The Morgan fingerprint density at radius 2 is 2.20 bits per heavy atom. The molecule has 3 heterocycles. The van der Waals surface area contributed by atoms with Crippen molar-refractivity contribution in [3.05, 3.63) is 34.2 Å². The van der Waals surface area contributed by atoms with Crippen LogP contribution in [-0.4, -0.2) is 28.2 Å². The fourth-order valence-electron chi connectivity index (χ4n) is 2.22. The molecule has 0 amide bonds. The number of hydrogen-bond donors (Lipinski definition) is 0. The minimum atomic E-state index is 0.521. The van der Waals surface area contributed by atoms with Gasteiger partial charge in [-0.15, -0.1) is 0 Å². The van der Waals surface area contributed by atoms with Crippen LogP contribution in [0.1, 0.15) is 19.2 Å². The number of aromatic nitrogens is 3. The van der Waals surface area contributed by atoms with Gasteiger partial charge in [0.05, 0.1) is 12.1 Å². The van der Waals surface area contributed by atoms with E-state index in [2.05, 4.69) is 42.9 Å². The second-order valence-corrected chi connectivity index (χ2v) is 5.84. The molecule has 0 saturated heterocycles. The standard InChI is InChI=1S/C14H15BrN4O/c1-9-5-7-19(8-12(9)15)13-11(4-3-6-16-13)14-17-10(2)18-20-14/h3-4,6H,5,7-8H2,1-2H3. The lowest BCUT2D eigenvalue weighted by atomic mass is 10.1. The highest BCUT2D eigenvalue weighted by atomic mass is 79.9. The molecule has 1 aliphatic rings. The zero-order chi connectivity index (χ0) is 14.1. The molecule has 0 bridgehead atoms. The van der Waals surface area contributed by atoms with E-state index >= 15 is 0 Å². The molecule has 0 saturated carbocycles. The topological polar surface area (TPSA) is 55.1 Å². The Labute approximate surface area is 125 Å². The van der Waals surface area contributed by atoms with Crippen LogP contribution >= 0.6 is 15.9 Å². The van der Waals surface area contributed by atoms with Crippen molar-refractivity contribution in [1.82, 2.24) is 15.1 Å². The minimum Gasteiger partial charge on any atom is -0.351 e. The zero-order valence-electron chi connectivity index (χ0n) is 11.4. The van der Waals surface area contributed by atoms with Crippen LogP contribution in [-0.2, 0) is 0 Å². The van der Waals surface area contributed by atoms with E-state index in [-0.39, 0.29) is 0 Å². The monoisotopic (exact) mass is 334 g/mol. The van der Waals surface area contributed by atoms with E-state index in [4.69, 9.17) is 4.52 Å². The first-order valence-electron chi connectivity index (χ1n) is 6.50. The van der Waals surface area contributed by atoms with Gasteiger partial charge >= 0.3 is 0 Å². The van der Waals surface area contributed by atoms with Crippen molar-refractivity contribution in [2.45, 2.75) is 20.3 Å². The predicted molar refractivity (Wildman–Crippen MR) is 80.7 cm³/mol. The summed E-state index contributed by atoms with van der Waals surface area (Å²) in [5.74, 6) is 2.04. The van der Waals surface area contributed by atoms with Crippen molar-refractivity contribution < 1.29 is 4.52 Å². The van der Waals surface area contributed by atoms with Gasteiger partial charge in [0.2, 0.25) is 0 Å². The van der Waals surface area contributed by atoms with Crippen LogP contribution in [0, 0.1) is 6.92 Å². The van der Waals surface area contributed by atoms with Gasteiger partial charge in [0.25, 0.3) is 5.89 Å². The Morgan fingerprint density at radius 3 is 2.90 bits per heavy atom. The van der Waals surface area contributed by atoms with E-state index in [0.717, 1.165) is 30.9 Å².